The van der Waals surface area contributed by atoms with Crippen molar-refractivity contribution in [2.75, 3.05) is 6.54 Å². The highest BCUT2D eigenvalue weighted by molar-refractivity contribution is 7.89. The van der Waals surface area contributed by atoms with Crippen LogP contribution >= 0.6 is 12.2 Å². The van der Waals surface area contributed by atoms with Crippen molar-refractivity contribution in [3.8, 4) is 0 Å². The highest BCUT2D eigenvalue weighted by atomic mass is 32.2. The zero-order chi connectivity index (χ0) is 15.1. The predicted molar refractivity (Wildman–Crippen MR) is 84.2 cm³/mol. The van der Waals surface area contributed by atoms with Gasteiger partial charge in [-0.2, -0.15) is 4.31 Å². The minimum atomic E-state index is -3.49. The predicted octanol–water partition coefficient (Wildman–Crippen LogP) is 2.05. The molecule has 1 aromatic rings. The summed E-state index contributed by atoms with van der Waals surface area (Å²) in [5.74, 6) is 0.388. The molecule has 2 unspecified atom stereocenters. The molecule has 2 atom stereocenters. The van der Waals surface area contributed by atoms with Gasteiger partial charge in [0.25, 0.3) is 0 Å². The number of nitrogens with zero attached hydrogens (tertiary/aromatic N) is 1. The molecule has 0 saturated carbocycles. The fourth-order valence-corrected chi connectivity index (χ4v) is 4.90. The number of nitrogens with two attached hydrogens (primary N) is 1. The van der Waals surface area contributed by atoms with Crippen molar-refractivity contribution < 1.29 is 8.42 Å². The Bertz CT molecular complexity index is 641. The highest BCUT2D eigenvalue weighted by Crippen LogP contribution is 2.30. The maximum absolute atomic E-state index is 12.8. The smallest absolute Gasteiger partial charge is 0.243 e. The summed E-state index contributed by atoms with van der Waals surface area (Å²) in [6, 6.07) is 5.13. The Morgan fingerprint density at radius 1 is 1.40 bits per heavy atom. The molecule has 110 valence electrons. The van der Waals surface area contributed by atoms with Gasteiger partial charge >= 0.3 is 0 Å². The van der Waals surface area contributed by atoms with Gasteiger partial charge in [-0.25, -0.2) is 8.42 Å². The van der Waals surface area contributed by atoms with E-state index in [0.29, 0.717) is 22.9 Å². The fraction of sp³-hybridized carbons (Fsp3) is 0.500. The SMILES string of the molecule is Cc1ccc(C(N)=S)cc1S(=O)(=O)N1CC(C)CC1C. The van der Waals surface area contributed by atoms with E-state index in [1.54, 1.807) is 29.4 Å². The maximum Gasteiger partial charge on any atom is 0.243 e. The summed E-state index contributed by atoms with van der Waals surface area (Å²) in [5, 5.41) is 0. The van der Waals surface area contributed by atoms with Crippen molar-refractivity contribution >= 4 is 27.2 Å². The lowest BCUT2D eigenvalue weighted by Gasteiger charge is -2.22. The van der Waals surface area contributed by atoms with Gasteiger partial charge in [0.05, 0.1) is 4.90 Å². The summed E-state index contributed by atoms with van der Waals surface area (Å²) in [6.45, 7) is 6.39. The van der Waals surface area contributed by atoms with E-state index >= 15 is 0 Å². The number of hydrogen-bond donors (Lipinski definition) is 1. The van der Waals surface area contributed by atoms with Crippen molar-refractivity contribution in [1.82, 2.24) is 4.31 Å². The summed E-state index contributed by atoms with van der Waals surface area (Å²) in [7, 11) is -3.49. The van der Waals surface area contributed by atoms with Crippen LogP contribution in [0.25, 0.3) is 0 Å². The van der Waals surface area contributed by atoms with Crippen LogP contribution in [0.3, 0.4) is 0 Å². The number of rotatable bonds is 3. The Labute approximate surface area is 126 Å². The summed E-state index contributed by atoms with van der Waals surface area (Å²) in [4.78, 5) is 0.521. The minimum Gasteiger partial charge on any atom is -0.389 e. The van der Waals surface area contributed by atoms with Gasteiger partial charge < -0.3 is 5.73 Å². The Morgan fingerprint density at radius 2 is 2.05 bits per heavy atom. The van der Waals surface area contributed by atoms with Crippen LogP contribution in [0.5, 0.6) is 0 Å². The van der Waals surface area contributed by atoms with Gasteiger partial charge in [-0.15, -0.1) is 0 Å². The summed E-state index contributed by atoms with van der Waals surface area (Å²) < 4.78 is 27.2. The molecule has 1 fully saturated rings. The quantitative estimate of drug-likeness (QED) is 0.868. The summed E-state index contributed by atoms with van der Waals surface area (Å²) in [6.07, 6.45) is 0.896. The van der Waals surface area contributed by atoms with Crippen LogP contribution in [0.4, 0.5) is 0 Å². The van der Waals surface area contributed by atoms with Crippen LogP contribution < -0.4 is 5.73 Å². The molecule has 0 aromatic heterocycles. The van der Waals surface area contributed by atoms with Gasteiger partial charge in [-0.3, -0.25) is 0 Å². The van der Waals surface area contributed by atoms with E-state index in [1.165, 1.54) is 0 Å². The Balaban J connectivity index is 2.49. The molecule has 0 radical (unpaired) electrons. The topological polar surface area (TPSA) is 63.4 Å². The van der Waals surface area contributed by atoms with Crippen molar-refractivity contribution in [3.63, 3.8) is 0 Å². The molecule has 0 spiro atoms. The first kappa shape index (κ1) is 15.4. The largest absolute Gasteiger partial charge is 0.389 e. The monoisotopic (exact) mass is 312 g/mol. The number of thiocarbonyl (C=S) groups is 1. The van der Waals surface area contributed by atoms with Crippen molar-refractivity contribution in [3.05, 3.63) is 29.3 Å². The van der Waals surface area contributed by atoms with Crippen molar-refractivity contribution in [1.29, 1.82) is 0 Å². The Kier molecular flexibility index (Phi) is 4.18. The third-order valence-electron chi connectivity index (χ3n) is 3.79. The van der Waals surface area contributed by atoms with Crippen molar-refractivity contribution in [2.45, 2.75) is 38.1 Å². The number of benzene rings is 1. The summed E-state index contributed by atoms with van der Waals surface area (Å²) in [5.41, 5.74) is 6.91. The number of sulfonamides is 1. The molecule has 2 rings (SSSR count). The van der Waals surface area contributed by atoms with Gasteiger partial charge in [0, 0.05) is 18.2 Å². The first-order chi connectivity index (χ1) is 9.23. The van der Waals surface area contributed by atoms with E-state index < -0.39 is 10.0 Å². The lowest BCUT2D eigenvalue weighted by Crippen LogP contribution is -2.34. The summed E-state index contributed by atoms with van der Waals surface area (Å²) >= 11 is 4.93. The van der Waals surface area contributed by atoms with E-state index in [4.69, 9.17) is 18.0 Å². The lowest BCUT2D eigenvalue weighted by molar-refractivity contribution is 0.405. The molecule has 0 bridgehead atoms. The van der Waals surface area contributed by atoms with Gasteiger partial charge in [0.15, 0.2) is 0 Å². The standard InChI is InChI=1S/C14H20N2O2S2/c1-9-6-11(3)16(8-9)20(17,18)13-7-12(14(15)19)5-4-10(13)2/h4-5,7,9,11H,6,8H2,1-3H3,(H2,15,19). The van der Waals surface area contributed by atoms with Gasteiger partial charge in [-0.1, -0.05) is 31.3 Å². The molecule has 2 N–H and O–H groups in total. The van der Waals surface area contributed by atoms with E-state index in [0.717, 1.165) is 12.0 Å². The van der Waals surface area contributed by atoms with Crippen molar-refractivity contribution in [2.24, 2.45) is 11.7 Å². The average molecular weight is 312 g/mol. The van der Waals surface area contributed by atoms with Crippen LogP contribution in [0.1, 0.15) is 31.4 Å². The molecule has 1 heterocycles. The molecule has 0 amide bonds. The normalized spacial score (nSPS) is 23.9. The fourth-order valence-electron chi connectivity index (χ4n) is 2.75. The molecule has 1 saturated heterocycles. The molecule has 4 nitrogen and oxygen atoms in total. The molecular formula is C14H20N2O2S2. The molecule has 1 aliphatic heterocycles. The Hall–Kier alpha value is -0.980. The third-order valence-corrected chi connectivity index (χ3v) is 6.14. The first-order valence-corrected chi connectivity index (χ1v) is 8.50. The highest BCUT2D eigenvalue weighted by Gasteiger charge is 2.36. The molecule has 20 heavy (non-hydrogen) atoms. The molecular weight excluding hydrogens is 292 g/mol. The molecule has 6 heteroatoms. The van der Waals surface area contributed by atoms with E-state index in [2.05, 4.69) is 6.92 Å². The van der Waals surface area contributed by atoms with Crippen LogP contribution in [-0.4, -0.2) is 30.3 Å². The zero-order valence-electron chi connectivity index (χ0n) is 12.0. The average Bonchev–Trinajstić information content (AvgIpc) is 2.69. The molecule has 1 aromatic carbocycles. The third kappa shape index (κ3) is 2.73. The van der Waals surface area contributed by atoms with Crippen LogP contribution in [0.2, 0.25) is 0 Å². The van der Waals surface area contributed by atoms with Gasteiger partial charge in [0.1, 0.15) is 4.99 Å². The van der Waals surface area contributed by atoms with E-state index in [-0.39, 0.29) is 11.0 Å². The van der Waals surface area contributed by atoms with E-state index in [1.807, 2.05) is 6.92 Å². The number of hydrogen-bond acceptors (Lipinski definition) is 3. The van der Waals surface area contributed by atoms with Gasteiger partial charge in [0.2, 0.25) is 10.0 Å². The van der Waals surface area contributed by atoms with Crippen LogP contribution in [0, 0.1) is 12.8 Å². The minimum absolute atomic E-state index is 0.0304. The second-order valence-corrected chi connectivity index (χ2v) is 7.91. The van der Waals surface area contributed by atoms with Gasteiger partial charge in [-0.05, 0) is 37.8 Å². The molecule has 1 aliphatic rings. The first-order valence-electron chi connectivity index (χ1n) is 6.65. The van der Waals surface area contributed by atoms with Crippen LogP contribution in [-0.2, 0) is 10.0 Å². The molecule has 0 aliphatic carbocycles. The maximum atomic E-state index is 12.8. The zero-order valence-corrected chi connectivity index (χ0v) is 13.6. The number of aryl methyl sites for hydroxylation is 1. The second kappa shape index (κ2) is 5.42. The van der Waals surface area contributed by atoms with E-state index in [9.17, 15) is 8.42 Å². The second-order valence-electron chi connectivity index (χ2n) is 5.61. The Morgan fingerprint density at radius 3 is 2.55 bits per heavy atom. The van der Waals surface area contributed by atoms with Crippen LogP contribution in [0.15, 0.2) is 23.1 Å². The lowest BCUT2D eigenvalue weighted by atomic mass is 10.1.